The van der Waals surface area contributed by atoms with Crippen LogP contribution in [0.1, 0.15) is 309 Å². The summed E-state index contributed by atoms with van der Waals surface area (Å²) in [6.07, 6.45) is 45.2. The number of benzene rings is 2. The van der Waals surface area contributed by atoms with Crippen LogP contribution >= 0.6 is 0 Å². The number of carbonyl (C=O) groups excluding carboxylic acids is 8. The highest BCUT2D eigenvalue weighted by Crippen LogP contribution is 2.43. The number of Topliss-reactive ketones (excluding diaryl/α,β-unsaturated/α-hetero) is 6. The highest BCUT2D eigenvalue weighted by Gasteiger charge is 2.55. The Balaban J connectivity index is 0.000000182. The zero-order valence-corrected chi connectivity index (χ0v) is 80.7. The molecule has 8 aliphatic heterocycles. The van der Waals surface area contributed by atoms with Crippen molar-refractivity contribution >= 4 is 133 Å². The Morgan fingerprint density at radius 1 is 0.526 bits per heavy atom. The van der Waals surface area contributed by atoms with E-state index < -0.39 is 0 Å². The van der Waals surface area contributed by atoms with E-state index in [-0.39, 0.29) is 47.8 Å². The summed E-state index contributed by atoms with van der Waals surface area (Å²) in [6.45, 7) is 29.5. The highest BCUT2D eigenvalue weighted by molar-refractivity contribution is 8.00. The number of aryl methyl sites for hydroxylation is 1. The summed E-state index contributed by atoms with van der Waals surface area (Å²) in [7, 11) is 3.44. The molecule has 4 aliphatic carbocycles. The molecule has 2 aromatic rings. The summed E-state index contributed by atoms with van der Waals surface area (Å²) in [5.74, 6) is 28.5. The SMILES string of the molecule is CC(C)(C)C(=O)C[S+]1CCCC1.CC(C)C(=O)C(C)(C)[S+]1CCCC1.CC1(C)CC(=O)C=C(C[S+]2CCCC2)C1.CCC(=O)C[S+]1CCCC1.Cc1ccc(C(=O)C([S+]2CCCC2)C(C)(C)C)cc1.O=C(C[S+]1CCCC1)C1=CCCCC1.O=C(c1ccccc1)C1([S+]2CCCC2)CCCCC1.O=C1C=CCCC1[S+]1CCCC1. The molecule has 16 heteroatoms. The molecule has 2 atom stereocenters. The van der Waals surface area contributed by atoms with Crippen molar-refractivity contribution in [1.82, 2.24) is 0 Å². The van der Waals surface area contributed by atoms with Gasteiger partial charge >= 0.3 is 0 Å². The first kappa shape index (κ1) is 98.9. The molecule has 0 spiro atoms. The summed E-state index contributed by atoms with van der Waals surface area (Å²) in [5, 5.41) is 0.607. The third kappa shape index (κ3) is 33.6. The molecule has 1 saturated carbocycles. The van der Waals surface area contributed by atoms with Gasteiger partial charge in [0.25, 0.3) is 0 Å². The molecule has 0 radical (unpaired) electrons. The maximum absolute atomic E-state index is 13.1. The first-order valence-electron chi connectivity index (χ1n) is 45.0. The normalized spacial score (nSPS) is 22.8. The fourth-order valence-electron chi connectivity index (χ4n) is 17.9. The lowest BCUT2D eigenvalue weighted by Gasteiger charge is -2.33. The van der Waals surface area contributed by atoms with Crippen LogP contribution in [0.5, 0.6) is 0 Å². The minimum atomic E-state index is -0.115. The zero-order valence-electron chi connectivity index (χ0n) is 74.1. The molecule has 638 valence electrons. The number of allylic oxidation sites excluding steroid dienone is 5. The smallest absolute Gasteiger partial charge is 0.217 e. The Hall–Kier alpha value is -2.18. The molecule has 2 unspecified atom stereocenters. The van der Waals surface area contributed by atoms with Crippen molar-refractivity contribution in [2.75, 3.05) is 115 Å². The molecule has 114 heavy (non-hydrogen) atoms. The van der Waals surface area contributed by atoms with Gasteiger partial charge in [0.1, 0.15) is 97.8 Å². The summed E-state index contributed by atoms with van der Waals surface area (Å²) in [4.78, 5) is 95.6. The minimum absolute atomic E-state index is 0.0100. The molecule has 8 heterocycles. The van der Waals surface area contributed by atoms with Crippen LogP contribution in [-0.4, -0.2) is 181 Å². The Labute approximate surface area is 719 Å². The Morgan fingerprint density at radius 2 is 1.04 bits per heavy atom. The third-order valence-corrected chi connectivity index (χ3v) is 46.8. The van der Waals surface area contributed by atoms with E-state index in [0.717, 1.165) is 91.7 Å². The van der Waals surface area contributed by atoms with Crippen LogP contribution in [0.25, 0.3) is 0 Å². The van der Waals surface area contributed by atoms with E-state index in [9.17, 15) is 38.4 Å². The van der Waals surface area contributed by atoms with Crippen LogP contribution in [0.15, 0.2) is 90.0 Å². The lowest BCUT2D eigenvalue weighted by atomic mass is 9.77. The monoisotopic (exact) mass is 1720 g/mol. The molecule has 0 aromatic heterocycles. The van der Waals surface area contributed by atoms with Crippen LogP contribution in [0.2, 0.25) is 0 Å². The summed E-state index contributed by atoms with van der Waals surface area (Å²) < 4.78 is -0.0409. The van der Waals surface area contributed by atoms with Crippen LogP contribution < -0.4 is 0 Å². The topological polar surface area (TPSA) is 137 Å². The van der Waals surface area contributed by atoms with Crippen molar-refractivity contribution in [3.05, 3.63) is 107 Å². The molecule has 14 rings (SSSR count). The van der Waals surface area contributed by atoms with Crippen molar-refractivity contribution in [2.24, 2.45) is 22.2 Å². The molecule has 2 aromatic carbocycles. The zero-order chi connectivity index (χ0) is 82.9. The summed E-state index contributed by atoms with van der Waals surface area (Å²) in [5.41, 5.74) is 5.80. The molecule has 0 amide bonds. The molecule has 8 nitrogen and oxygen atoms in total. The van der Waals surface area contributed by atoms with Crippen molar-refractivity contribution in [1.29, 1.82) is 0 Å². The van der Waals surface area contributed by atoms with Gasteiger partial charge in [-0.2, -0.15) is 0 Å². The number of ketones is 8. The van der Waals surface area contributed by atoms with Gasteiger partial charge in [0.05, 0.1) is 0 Å². The molecular weight excluding hydrogens is 1560 g/mol. The fraction of sp³-hybridized carbons (Fsp3) is 0.735. The van der Waals surface area contributed by atoms with E-state index in [1.165, 1.54) is 244 Å². The van der Waals surface area contributed by atoms with E-state index in [0.29, 0.717) is 128 Å². The van der Waals surface area contributed by atoms with Gasteiger partial charge in [0.2, 0.25) is 23.1 Å². The maximum atomic E-state index is 13.1. The number of hydrogen-bond acceptors (Lipinski definition) is 8. The van der Waals surface area contributed by atoms with Gasteiger partial charge in [-0.25, -0.2) is 0 Å². The standard InChI is InChI=1S/C17H23OS.C17H25OS.C13H21OS.C12H19OS.C11H21OS.C10H15OS.C10H19OS.C8H15OS/c18-16(15-9-3-1-4-10-15)17(11-5-2-6-12-17)19-13-7-8-14-19;1-13-7-9-14(10-8-13)15(18)16(17(2,3)4)19-11-5-6-12-19;1-13(2)8-11(7-12(14)9-13)10-15-5-3-4-6-15;13-12(10-14-8-4-5-9-14)11-6-2-1-3-7-11;1-9(2)10(12)11(3,4)13-7-5-6-8-13;11-9-5-1-2-6-10(9)12-7-3-4-8-12;1-10(2,3)9(11)8-12-6-4-5-7-12;1-2-8(9)7-10-5-3-4-6-10/h1,3-4,9-10H,2,5-8,11-14H2;7-10,16H,5-6,11-12H2,1-4H3;7H,3-6,8-10H2,1-2H3;6H,1-5,7-10H2;9H,5-8H2,1-4H3;1,5,10H,2-4,6-8H2;4-8H2,1-3H3;2-7H2,1H3/q8*+1. The molecule has 12 aliphatic rings. The third-order valence-electron chi connectivity index (χ3n) is 24.5. The predicted molar refractivity (Wildman–Crippen MR) is 514 cm³/mol. The summed E-state index contributed by atoms with van der Waals surface area (Å²) >= 11 is 0. The minimum Gasteiger partial charge on any atom is -0.295 e. The Bertz CT molecular complexity index is 3360. The molecule has 0 bridgehead atoms. The largest absolute Gasteiger partial charge is 0.295 e. The van der Waals surface area contributed by atoms with Crippen LogP contribution in [0.4, 0.5) is 0 Å². The second-order valence-corrected chi connectivity index (χ2v) is 57.4. The average Bonchev–Trinajstić information content (AvgIpc) is 1.76. The van der Waals surface area contributed by atoms with Gasteiger partial charge < -0.3 is 0 Å². The van der Waals surface area contributed by atoms with Crippen molar-refractivity contribution in [3.8, 4) is 0 Å². The fourth-order valence-corrected chi connectivity index (χ4v) is 39.7. The average molecular weight is 1720 g/mol. The highest BCUT2D eigenvalue weighted by atomic mass is 32.2. The first-order chi connectivity index (χ1) is 54.3. The van der Waals surface area contributed by atoms with Crippen LogP contribution in [0.3, 0.4) is 0 Å². The van der Waals surface area contributed by atoms with E-state index >= 15 is 0 Å². The maximum Gasteiger partial charge on any atom is 0.217 e. The molecule has 0 N–H and O–H groups in total. The van der Waals surface area contributed by atoms with E-state index in [1.54, 1.807) is 6.08 Å². The van der Waals surface area contributed by atoms with Gasteiger partial charge in [0, 0.05) is 81.8 Å². The van der Waals surface area contributed by atoms with Gasteiger partial charge in [-0.15, -0.1) is 0 Å². The Kier molecular flexibility index (Phi) is 43.8. The van der Waals surface area contributed by atoms with Crippen molar-refractivity contribution < 1.29 is 38.4 Å². The van der Waals surface area contributed by atoms with Crippen LogP contribution in [-0.2, 0) is 116 Å². The molecule has 9 fully saturated rings. The van der Waals surface area contributed by atoms with Crippen LogP contribution in [0, 0.1) is 29.1 Å². The van der Waals surface area contributed by atoms with Gasteiger partial charge in [-0.3, -0.25) is 38.4 Å². The number of carbonyl (C=O) groups is 8. The summed E-state index contributed by atoms with van der Waals surface area (Å²) in [6, 6.07) is 18.1. The van der Waals surface area contributed by atoms with Crippen molar-refractivity contribution in [3.63, 3.8) is 0 Å². The molecular formula is C98H158O8S8+8. The van der Waals surface area contributed by atoms with Gasteiger partial charge in [-0.05, 0) is 269 Å². The van der Waals surface area contributed by atoms with Crippen molar-refractivity contribution in [2.45, 2.75) is 310 Å². The van der Waals surface area contributed by atoms with E-state index in [1.807, 2.05) is 108 Å². The predicted octanol–water partition coefficient (Wildman–Crippen LogP) is 20.7. The molecule has 8 saturated heterocycles. The van der Waals surface area contributed by atoms with Gasteiger partial charge in [0.15, 0.2) is 60.4 Å². The Morgan fingerprint density at radius 3 is 1.54 bits per heavy atom. The first-order valence-corrected chi connectivity index (χ1v) is 58.3. The lowest BCUT2D eigenvalue weighted by molar-refractivity contribution is -0.124. The lowest BCUT2D eigenvalue weighted by Crippen LogP contribution is -2.48. The number of rotatable bonds is 20. The quantitative estimate of drug-likeness (QED) is 0.0944. The van der Waals surface area contributed by atoms with E-state index in [2.05, 4.69) is 61.5 Å². The van der Waals surface area contributed by atoms with E-state index in [4.69, 9.17) is 0 Å². The van der Waals surface area contributed by atoms with Gasteiger partial charge in [-0.1, -0.05) is 155 Å². The number of hydrogen-bond donors (Lipinski definition) is 0. The second-order valence-electron chi connectivity index (χ2n) is 37.9. The second kappa shape index (κ2) is 50.4.